The van der Waals surface area contributed by atoms with Gasteiger partial charge in [0.1, 0.15) is 29.5 Å². The number of nitrogens with zero attached hydrogens (tertiary/aromatic N) is 3. The Kier molecular flexibility index (Phi) is 9.57. The maximum absolute atomic E-state index is 10.7. The summed E-state index contributed by atoms with van der Waals surface area (Å²) >= 11 is 0. The van der Waals surface area contributed by atoms with Crippen LogP contribution >= 0.6 is 24.0 Å². The van der Waals surface area contributed by atoms with Crippen LogP contribution in [0, 0.1) is 6.92 Å². The number of furan rings is 1. The van der Waals surface area contributed by atoms with Gasteiger partial charge in [0.2, 0.25) is 0 Å². The van der Waals surface area contributed by atoms with E-state index in [0.717, 1.165) is 31.1 Å². The van der Waals surface area contributed by atoms with Crippen LogP contribution in [0.3, 0.4) is 0 Å². The molecule has 1 atom stereocenters. The predicted molar refractivity (Wildman–Crippen MR) is 134 cm³/mol. The van der Waals surface area contributed by atoms with Gasteiger partial charge in [0.05, 0.1) is 6.54 Å². The van der Waals surface area contributed by atoms with Crippen LogP contribution in [0.5, 0.6) is 0 Å². The molecule has 31 heavy (non-hydrogen) atoms. The highest BCUT2D eigenvalue weighted by Crippen LogP contribution is 2.21. The highest BCUT2D eigenvalue weighted by atomic mass is 127. The summed E-state index contributed by atoms with van der Waals surface area (Å²) in [6.07, 6.45) is 4.73. The number of aliphatic imine (C=N–C) groups is 1. The molecule has 3 aromatic rings. The first-order valence-corrected chi connectivity index (χ1v) is 10.3. The normalized spacial score (nSPS) is 13.4. The number of aliphatic hydroxyl groups is 1. The summed E-state index contributed by atoms with van der Waals surface area (Å²) in [6, 6.07) is 14.1. The van der Waals surface area contributed by atoms with E-state index in [9.17, 15) is 5.11 Å². The van der Waals surface area contributed by atoms with Crippen molar-refractivity contribution < 1.29 is 9.52 Å². The van der Waals surface area contributed by atoms with Crippen LogP contribution in [-0.2, 0) is 25.1 Å². The number of aromatic nitrogens is 2. The van der Waals surface area contributed by atoms with Crippen molar-refractivity contribution in [1.82, 2.24) is 20.2 Å². The Hall–Kier alpha value is -2.33. The third kappa shape index (κ3) is 7.39. The van der Waals surface area contributed by atoms with Gasteiger partial charge in [0.15, 0.2) is 5.96 Å². The summed E-state index contributed by atoms with van der Waals surface area (Å²) in [7, 11) is 0. The van der Waals surface area contributed by atoms with Crippen molar-refractivity contribution in [2.45, 2.75) is 45.9 Å². The molecule has 0 saturated carbocycles. The summed E-state index contributed by atoms with van der Waals surface area (Å²) in [5, 5.41) is 17.1. The van der Waals surface area contributed by atoms with Crippen LogP contribution < -0.4 is 10.6 Å². The molecule has 3 N–H and O–H groups in total. The zero-order valence-electron chi connectivity index (χ0n) is 18.3. The Morgan fingerprint density at radius 3 is 2.65 bits per heavy atom. The minimum Gasteiger partial charge on any atom is -0.463 e. The Balaban J connectivity index is 0.00000341. The number of halogens is 1. The minimum atomic E-state index is -1.14. The third-order valence-electron chi connectivity index (χ3n) is 4.88. The number of aryl methyl sites for hydroxylation is 3. The van der Waals surface area contributed by atoms with Crippen molar-refractivity contribution in [3.8, 4) is 0 Å². The molecule has 8 heteroatoms. The average molecular weight is 537 g/mol. The fourth-order valence-corrected chi connectivity index (χ4v) is 3.15. The standard InChI is InChI=1S/C23H31N5O2.HI/c1-4-24-22(27-17-23(3,29)20-11-10-18(2)30-20)26-16-21-25-13-15-28(21)14-12-19-8-6-5-7-9-19;/h5-11,13,15,29H,4,12,14,16-17H2,1-3H3,(H2,24,26,27);1H. The molecule has 1 aromatic carbocycles. The van der Waals surface area contributed by atoms with Crippen LogP contribution in [0.25, 0.3) is 0 Å². The molecular formula is C23H32IN5O2. The lowest BCUT2D eigenvalue weighted by atomic mass is 10.0. The van der Waals surface area contributed by atoms with Gasteiger partial charge in [-0.3, -0.25) is 0 Å². The SMILES string of the molecule is CCNC(=NCc1nccn1CCc1ccccc1)NCC(C)(O)c1ccc(C)o1.I. The fourth-order valence-electron chi connectivity index (χ4n) is 3.15. The first-order chi connectivity index (χ1) is 14.5. The molecule has 168 valence electrons. The van der Waals surface area contributed by atoms with Gasteiger partial charge in [0, 0.05) is 25.5 Å². The van der Waals surface area contributed by atoms with Crippen molar-refractivity contribution in [2.75, 3.05) is 13.1 Å². The topological polar surface area (TPSA) is 87.6 Å². The Morgan fingerprint density at radius 1 is 1.19 bits per heavy atom. The number of hydrogen-bond donors (Lipinski definition) is 3. The highest BCUT2D eigenvalue weighted by Gasteiger charge is 2.27. The lowest BCUT2D eigenvalue weighted by Crippen LogP contribution is -2.44. The van der Waals surface area contributed by atoms with Crippen LogP contribution in [0.2, 0.25) is 0 Å². The maximum Gasteiger partial charge on any atom is 0.191 e. The molecule has 2 aromatic heterocycles. The third-order valence-corrected chi connectivity index (χ3v) is 4.88. The van der Waals surface area contributed by atoms with E-state index >= 15 is 0 Å². The molecule has 7 nitrogen and oxygen atoms in total. The van der Waals surface area contributed by atoms with E-state index in [1.165, 1.54) is 5.56 Å². The van der Waals surface area contributed by atoms with Gasteiger partial charge in [-0.15, -0.1) is 24.0 Å². The van der Waals surface area contributed by atoms with Crippen molar-refractivity contribution >= 4 is 29.9 Å². The fraction of sp³-hybridized carbons (Fsp3) is 0.391. The number of guanidine groups is 1. The van der Waals surface area contributed by atoms with Crippen molar-refractivity contribution in [2.24, 2.45) is 4.99 Å². The van der Waals surface area contributed by atoms with E-state index in [2.05, 4.69) is 49.4 Å². The van der Waals surface area contributed by atoms with Crippen LogP contribution in [0.15, 0.2) is 64.3 Å². The quantitative estimate of drug-likeness (QED) is 0.221. The second-order valence-electron chi connectivity index (χ2n) is 7.51. The van der Waals surface area contributed by atoms with Crippen molar-refractivity contribution in [1.29, 1.82) is 0 Å². The Bertz CT molecular complexity index is 950. The molecule has 0 saturated heterocycles. The Labute approximate surface area is 201 Å². The molecule has 0 aliphatic carbocycles. The summed E-state index contributed by atoms with van der Waals surface area (Å²) in [4.78, 5) is 9.10. The van der Waals surface area contributed by atoms with Crippen LogP contribution in [0.4, 0.5) is 0 Å². The zero-order chi connectivity index (χ0) is 21.4. The van der Waals surface area contributed by atoms with E-state index in [4.69, 9.17) is 4.42 Å². The lowest BCUT2D eigenvalue weighted by Gasteiger charge is -2.22. The van der Waals surface area contributed by atoms with Crippen LogP contribution in [-0.4, -0.2) is 33.7 Å². The largest absolute Gasteiger partial charge is 0.463 e. The van der Waals surface area contributed by atoms with E-state index in [0.29, 0.717) is 18.3 Å². The van der Waals surface area contributed by atoms with Gasteiger partial charge >= 0.3 is 0 Å². The van der Waals surface area contributed by atoms with Gasteiger partial charge in [-0.05, 0) is 44.9 Å². The second kappa shape index (κ2) is 11.9. The van der Waals surface area contributed by atoms with Gasteiger partial charge in [-0.25, -0.2) is 9.98 Å². The summed E-state index contributed by atoms with van der Waals surface area (Å²) < 4.78 is 7.70. The number of rotatable bonds is 9. The number of imidazole rings is 1. The van der Waals surface area contributed by atoms with E-state index in [1.807, 2.05) is 32.2 Å². The summed E-state index contributed by atoms with van der Waals surface area (Å²) in [6.45, 7) is 7.87. The van der Waals surface area contributed by atoms with Gasteiger partial charge in [0.25, 0.3) is 0 Å². The van der Waals surface area contributed by atoms with E-state index in [1.54, 1.807) is 19.2 Å². The number of nitrogens with one attached hydrogen (secondary N) is 2. The molecule has 0 aliphatic rings. The highest BCUT2D eigenvalue weighted by molar-refractivity contribution is 14.0. The first kappa shape index (κ1) is 24.9. The van der Waals surface area contributed by atoms with Crippen LogP contribution in [0.1, 0.15) is 36.8 Å². The predicted octanol–water partition coefficient (Wildman–Crippen LogP) is 3.61. The molecule has 3 rings (SSSR count). The molecule has 0 fully saturated rings. The summed E-state index contributed by atoms with van der Waals surface area (Å²) in [5.41, 5.74) is 0.157. The van der Waals surface area contributed by atoms with Crippen molar-refractivity contribution in [3.63, 3.8) is 0 Å². The smallest absolute Gasteiger partial charge is 0.191 e. The van der Waals surface area contributed by atoms with Gasteiger partial charge in [-0.2, -0.15) is 0 Å². The lowest BCUT2D eigenvalue weighted by molar-refractivity contribution is 0.0378. The number of benzene rings is 1. The molecule has 1 unspecified atom stereocenters. The average Bonchev–Trinajstić information content (AvgIpc) is 3.38. The van der Waals surface area contributed by atoms with Crippen molar-refractivity contribution in [3.05, 3.63) is 77.8 Å². The zero-order valence-corrected chi connectivity index (χ0v) is 20.7. The molecule has 0 radical (unpaired) electrons. The maximum atomic E-state index is 10.7. The second-order valence-corrected chi connectivity index (χ2v) is 7.51. The molecule has 0 amide bonds. The van der Waals surface area contributed by atoms with E-state index < -0.39 is 5.60 Å². The monoisotopic (exact) mass is 537 g/mol. The minimum absolute atomic E-state index is 0. The van der Waals surface area contributed by atoms with Gasteiger partial charge in [-0.1, -0.05) is 30.3 Å². The first-order valence-electron chi connectivity index (χ1n) is 10.3. The summed E-state index contributed by atoms with van der Waals surface area (Å²) in [5.74, 6) is 2.82. The number of hydrogen-bond acceptors (Lipinski definition) is 4. The molecule has 0 spiro atoms. The molecule has 0 bridgehead atoms. The molecular weight excluding hydrogens is 505 g/mol. The van der Waals surface area contributed by atoms with Gasteiger partial charge < -0.3 is 24.7 Å². The molecule has 0 aliphatic heterocycles. The Morgan fingerprint density at radius 2 is 1.97 bits per heavy atom. The molecule has 2 heterocycles. The van der Waals surface area contributed by atoms with E-state index in [-0.39, 0.29) is 30.5 Å².